The Morgan fingerprint density at radius 1 is 0.821 bits per heavy atom. The summed E-state index contributed by atoms with van der Waals surface area (Å²) in [7, 11) is 3.24. The summed E-state index contributed by atoms with van der Waals surface area (Å²) < 4.78 is 10.4. The first-order valence-electron chi connectivity index (χ1n) is 8.56. The van der Waals surface area contributed by atoms with E-state index < -0.39 is 5.23 Å². The van der Waals surface area contributed by atoms with Gasteiger partial charge in [-0.05, 0) is 60.7 Å². The fourth-order valence-corrected chi connectivity index (χ4v) is 2.60. The lowest BCUT2D eigenvalue weighted by Gasteiger charge is -2.12. The summed E-state index contributed by atoms with van der Waals surface area (Å²) in [5, 5.41) is 23.6. The first-order valence-corrected chi connectivity index (χ1v) is 8.56. The van der Waals surface area contributed by atoms with Crippen molar-refractivity contribution in [1.29, 1.82) is 0 Å². The van der Waals surface area contributed by atoms with Crippen LogP contribution in [0.25, 0.3) is 0 Å². The van der Waals surface area contributed by atoms with E-state index in [1.54, 1.807) is 26.4 Å². The Bertz CT molecular complexity index is 872. The molecule has 0 radical (unpaired) electrons. The third kappa shape index (κ3) is 4.66. The number of hydrazone groups is 1. The van der Waals surface area contributed by atoms with E-state index in [2.05, 4.69) is 10.5 Å². The molecule has 3 aromatic rings. The van der Waals surface area contributed by atoms with Crippen molar-refractivity contribution in [1.82, 2.24) is 0 Å². The van der Waals surface area contributed by atoms with Gasteiger partial charge in [-0.3, -0.25) is 5.43 Å². The summed E-state index contributed by atoms with van der Waals surface area (Å²) in [5.41, 5.74) is 6.44. The van der Waals surface area contributed by atoms with Gasteiger partial charge in [-0.25, -0.2) is 5.21 Å². The lowest BCUT2D eigenvalue weighted by atomic mass is 10.0. The minimum absolute atomic E-state index is 0.222. The SMILES string of the molecule is COc1ccc(C(=NNc2ccc([NH+]([O-])O)cc2)c2ccc(OC)cc2)cc1. The van der Waals surface area contributed by atoms with Gasteiger partial charge in [-0.1, -0.05) is 0 Å². The van der Waals surface area contributed by atoms with Crippen molar-refractivity contribution in [2.75, 3.05) is 19.6 Å². The minimum atomic E-state index is -0.966. The van der Waals surface area contributed by atoms with Crippen LogP contribution in [0.1, 0.15) is 11.1 Å². The predicted octanol–water partition coefficient (Wildman–Crippen LogP) is 2.97. The molecular weight excluding hydrogens is 358 g/mol. The number of anilines is 1. The van der Waals surface area contributed by atoms with E-state index in [1.165, 1.54) is 12.1 Å². The zero-order valence-corrected chi connectivity index (χ0v) is 15.5. The van der Waals surface area contributed by atoms with Crippen molar-refractivity contribution in [2.45, 2.75) is 0 Å². The number of ether oxygens (including phenoxy) is 2. The molecule has 0 aliphatic rings. The Labute approximate surface area is 163 Å². The van der Waals surface area contributed by atoms with E-state index in [0.29, 0.717) is 5.69 Å². The topological polar surface area (TPSA) is 90.6 Å². The lowest BCUT2D eigenvalue weighted by Crippen LogP contribution is -2.99. The first-order chi connectivity index (χ1) is 13.6. The Balaban J connectivity index is 1.92. The molecule has 0 fully saturated rings. The molecule has 0 aromatic heterocycles. The molecule has 0 bridgehead atoms. The summed E-state index contributed by atoms with van der Waals surface area (Å²) in [6.45, 7) is 0. The van der Waals surface area contributed by atoms with Crippen molar-refractivity contribution in [3.63, 3.8) is 0 Å². The molecule has 7 heteroatoms. The van der Waals surface area contributed by atoms with E-state index in [4.69, 9.17) is 14.7 Å². The van der Waals surface area contributed by atoms with Crippen molar-refractivity contribution in [3.8, 4) is 11.5 Å². The van der Waals surface area contributed by atoms with Crippen LogP contribution in [0.2, 0.25) is 0 Å². The van der Waals surface area contributed by atoms with Gasteiger partial charge in [0.2, 0.25) is 0 Å². The molecule has 1 atom stereocenters. The fraction of sp³-hybridized carbons (Fsp3) is 0.0952. The van der Waals surface area contributed by atoms with Gasteiger partial charge in [0, 0.05) is 23.3 Å². The highest BCUT2D eigenvalue weighted by Gasteiger charge is 2.09. The van der Waals surface area contributed by atoms with E-state index in [0.717, 1.165) is 28.3 Å². The van der Waals surface area contributed by atoms with Crippen LogP contribution in [0, 0.1) is 5.21 Å². The second-order valence-corrected chi connectivity index (χ2v) is 5.91. The highest BCUT2D eigenvalue weighted by Crippen LogP contribution is 2.19. The summed E-state index contributed by atoms with van der Waals surface area (Å²) in [6, 6.07) is 21.6. The first kappa shape index (κ1) is 19.4. The van der Waals surface area contributed by atoms with E-state index in [1.807, 2.05) is 48.5 Å². The Morgan fingerprint density at radius 3 is 1.68 bits per heavy atom. The maximum absolute atomic E-state index is 11.0. The molecule has 28 heavy (non-hydrogen) atoms. The van der Waals surface area contributed by atoms with Gasteiger partial charge < -0.3 is 14.7 Å². The van der Waals surface area contributed by atoms with Crippen LogP contribution >= 0.6 is 0 Å². The van der Waals surface area contributed by atoms with Gasteiger partial charge in [0.15, 0.2) is 5.69 Å². The Morgan fingerprint density at radius 2 is 1.29 bits per heavy atom. The predicted molar refractivity (Wildman–Crippen MR) is 107 cm³/mol. The average molecular weight is 379 g/mol. The fourth-order valence-electron chi connectivity index (χ4n) is 2.60. The summed E-state index contributed by atoms with van der Waals surface area (Å²) in [6.07, 6.45) is 0. The third-order valence-electron chi connectivity index (χ3n) is 4.16. The van der Waals surface area contributed by atoms with E-state index >= 15 is 0 Å². The van der Waals surface area contributed by atoms with Gasteiger partial charge in [-0.15, -0.1) is 0 Å². The molecule has 0 aliphatic carbocycles. The molecule has 3 aromatic carbocycles. The number of hydrogen-bond acceptors (Lipinski definition) is 6. The second-order valence-electron chi connectivity index (χ2n) is 5.91. The van der Waals surface area contributed by atoms with Crippen LogP contribution in [-0.2, 0) is 0 Å². The van der Waals surface area contributed by atoms with Gasteiger partial charge in [0.05, 0.1) is 25.6 Å². The zero-order valence-electron chi connectivity index (χ0n) is 15.5. The van der Waals surface area contributed by atoms with Crippen LogP contribution in [0.15, 0.2) is 77.9 Å². The van der Waals surface area contributed by atoms with E-state index in [-0.39, 0.29) is 5.69 Å². The Kier molecular flexibility index (Phi) is 6.23. The highest BCUT2D eigenvalue weighted by molar-refractivity contribution is 6.13. The standard InChI is InChI=1S/C21H21N3O4/c1-27-19-11-3-15(4-12-19)21(16-5-13-20(28-2)14-6-16)23-22-17-7-9-18(10-8-17)24(25)26/h3-14,22,24-25H,1-2H3. The zero-order chi connectivity index (χ0) is 19.9. The average Bonchev–Trinajstić information content (AvgIpc) is 2.75. The number of quaternary nitrogens is 1. The smallest absolute Gasteiger partial charge is 0.163 e. The van der Waals surface area contributed by atoms with Gasteiger partial charge >= 0.3 is 0 Å². The van der Waals surface area contributed by atoms with Crippen LogP contribution in [0.5, 0.6) is 11.5 Å². The Hall–Kier alpha value is -3.39. The summed E-state index contributed by atoms with van der Waals surface area (Å²) in [5.74, 6) is 1.52. The monoisotopic (exact) mass is 379 g/mol. The van der Waals surface area contributed by atoms with Gasteiger partial charge in [-0.2, -0.15) is 10.3 Å². The quantitative estimate of drug-likeness (QED) is 0.434. The van der Waals surface area contributed by atoms with Crippen molar-refractivity contribution < 1.29 is 19.9 Å². The van der Waals surface area contributed by atoms with Crippen LogP contribution < -0.4 is 20.1 Å². The molecule has 0 saturated carbocycles. The van der Waals surface area contributed by atoms with Crippen LogP contribution in [0.4, 0.5) is 11.4 Å². The molecule has 0 spiro atoms. The van der Waals surface area contributed by atoms with Crippen molar-refractivity contribution in [3.05, 3.63) is 89.1 Å². The van der Waals surface area contributed by atoms with Gasteiger partial charge in [0.1, 0.15) is 11.5 Å². The number of rotatable bonds is 7. The molecular formula is C21H21N3O4. The lowest BCUT2D eigenvalue weighted by molar-refractivity contribution is -0.991. The van der Waals surface area contributed by atoms with E-state index in [9.17, 15) is 5.21 Å². The molecule has 7 nitrogen and oxygen atoms in total. The molecule has 0 heterocycles. The maximum atomic E-state index is 11.0. The second kappa shape index (κ2) is 9.01. The van der Waals surface area contributed by atoms with Crippen molar-refractivity contribution in [2.24, 2.45) is 5.10 Å². The molecule has 0 saturated heterocycles. The number of nitrogens with zero attached hydrogens (tertiary/aromatic N) is 1. The molecule has 0 amide bonds. The normalized spacial score (nSPS) is 11.4. The number of methoxy groups -OCH3 is 2. The summed E-state index contributed by atoms with van der Waals surface area (Å²) in [4.78, 5) is 0. The number of hydrogen-bond donors (Lipinski definition) is 3. The van der Waals surface area contributed by atoms with Gasteiger partial charge in [0.25, 0.3) is 0 Å². The molecule has 0 aliphatic heterocycles. The van der Waals surface area contributed by atoms with Crippen molar-refractivity contribution >= 4 is 17.1 Å². The molecule has 3 N–H and O–H groups in total. The molecule has 3 rings (SSSR count). The number of benzene rings is 3. The third-order valence-corrected chi connectivity index (χ3v) is 4.16. The van der Waals surface area contributed by atoms with Crippen LogP contribution in [-0.4, -0.2) is 25.1 Å². The number of nitrogens with one attached hydrogen (secondary N) is 2. The van der Waals surface area contributed by atoms with Crippen LogP contribution in [0.3, 0.4) is 0 Å². The molecule has 1 unspecified atom stereocenters. The molecule has 144 valence electrons. The highest BCUT2D eigenvalue weighted by atomic mass is 16.8. The summed E-state index contributed by atoms with van der Waals surface area (Å²) >= 11 is 0. The minimum Gasteiger partial charge on any atom is -0.595 e. The largest absolute Gasteiger partial charge is 0.595 e. The maximum Gasteiger partial charge on any atom is 0.163 e.